The lowest BCUT2D eigenvalue weighted by Crippen LogP contribution is -2.44. The zero-order valence-electron chi connectivity index (χ0n) is 11.7. The van der Waals surface area contributed by atoms with Crippen LogP contribution in [-0.2, 0) is 4.79 Å². The van der Waals surface area contributed by atoms with Gasteiger partial charge in [0.1, 0.15) is 0 Å². The van der Waals surface area contributed by atoms with Gasteiger partial charge in [-0.05, 0) is 42.7 Å². The molecule has 1 aliphatic rings. The standard InChI is InChI=1S/C17H20N2O/c1-17(10-4-7-15(17)18)16(20)19-14-9-8-12-5-2-3-6-13(12)11-14/h2-3,5-6,8-9,11,15H,4,7,10,18H2,1H3,(H,19,20). The molecule has 3 nitrogen and oxygen atoms in total. The summed E-state index contributed by atoms with van der Waals surface area (Å²) < 4.78 is 0. The number of hydrogen-bond donors (Lipinski definition) is 2. The molecule has 0 saturated heterocycles. The number of fused-ring (bicyclic) bond motifs is 1. The molecule has 1 fully saturated rings. The van der Waals surface area contributed by atoms with Gasteiger partial charge in [0, 0.05) is 11.7 Å². The predicted octanol–water partition coefficient (Wildman–Crippen LogP) is 3.30. The van der Waals surface area contributed by atoms with Crippen molar-refractivity contribution in [3.63, 3.8) is 0 Å². The lowest BCUT2D eigenvalue weighted by Gasteiger charge is -2.27. The number of rotatable bonds is 2. The fourth-order valence-electron chi connectivity index (χ4n) is 3.02. The average Bonchev–Trinajstić information content (AvgIpc) is 2.80. The van der Waals surface area contributed by atoms with E-state index in [4.69, 9.17) is 5.73 Å². The molecule has 2 atom stereocenters. The van der Waals surface area contributed by atoms with E-state index in [1.54, 1.807) is 0 Å². The second kappa shape index (κ2) is 4.91. The van der Waals surface area contributed by atoms with Gasteiger partial charge in [-0.15, -0.1) is 0 Å². The molecule has 1 amide bonds. The van der Waals surface area contributed by atoms with Crippen molar-refractivity contribution in [1.82, 2.24) is 0 Å². The van der Waals surface area contributed by atoms with Crippen LogP contribution in [0.2, 0.25) is 0 Å². The van der Waals surface area contributed by atoms with E-state index in [1.165, 1.54) is 5.39 Å². The Balaban J connectivity index is 1.84. The fourth-order valence-corrected chi connectivity index (χ4v) is 3.02. The molecule has 2 aromatic carbocycles. The van der Waals surface area contributed by atoms with E-state index >= 15 is 0 Å². The Morgan fingerprint density at radius 2 is 2.00 bits per heavy atom. The molecule has 1 saturated carbocycles. The topological polar surface area (TPSA) is 55.1 Å². The molecule has 104 valence electrons. The minimum atomic E-state index is -0.439. The minimum absolute atomic E-state index is 0.0389. The Morgan fingerprint density at radius 3 is 2.70 bits per heavy atom. The molecule has 2 aromatic rings. The first-order valence-electron chi connectivity index (χ1n) is 7.15. The third-order valence-corrected chi connectivity index (χ3v) is 4.56. The summed E-state index contributed by atoms with van der Waals surface area (Å²) in [5.41, 5.74) is 6.50. The van der Waals surface area contributed by atoms with Crippen molar-refractivity contribution in [3.05, 3.63) is 42.5 Å². The Labute approximate surface area is 119 Å². The number of carbonyl (C=O) groups is 1. The largest absolute Gasteiger partial charge is 0.327 e. The molecule has 0 radical (unpaired) electrons. The number of amides is 1. The molecule has 3 heteroatoms. The van der Waals surface area contributed by atoms with E-state index in [2.05, 4.69) is 11.4 Å². The van der Waals surface area contributed by atoms with E-state index in [0.717, 1.165) is 30.3 Å². The van der Waals surface area contributed by atoms with Crippen molar-refractivity contribution >= 4 is 22.4 Å². The van der Waals surface area contributed by atoms with Crippen LogP contribution in [0, 0.1) is 5.41 Å². The van der Waals surface area contributed by atoms with Crippen LogP contribution in [0.25, 0.3) is 10.8 Å². The van der Waals surface area contributed by atoms with Crippen molar-refractivity contribution in [2.45, 2.75) is 32.2 Å². The molecular formula is C17H20N2O. The molecule has 2 unspecified atom stereocenters. The third kappa shape index (κ3) is 2.18. The highest BCUT2D eigenvalue weighted by Gasteiger charge is 2.42. The van der Waals surface area contributed by atoms with Gasteiger partial charge in [-0.3, -0.25) is 4.79 Å². The summed E-state index contributed by atoms with van der Waals surface area (Å²) in [5.74, 6) is 0.0396. The van der Waals surface area contributed by atoms with Gasteiger partial charge in [0.2, 0.25) is 5.91 Å². The summed E-state index contributed by atoms with van der Waals surface area (Å²) in [4.78, 5) is 12.5. The minimum Gasteiger partial charge on any atom is -0.327 e. The van der Waals surface area contributed by atoms with Gasteiger partial charge in [-0.2, -0.15) is 0 Å². The van der Waals surface area contributed by atoms with E-state index < -0.39 is 5.41 Å². The van der Waals surface area contributed by atoms with Gasteiger partial charge in [0.05, 0.1) is 5.41 Å². The molecule has 20 heavy (non-hydrogen) atoms. The normalized spacial score (nSPS) is 25.8. The molecule has 0 aliphatic heterocycles. The van der Waals surface area contributed by atoms with E-state index in [0.29, 0.717) is 0 Å². The third-order valence-electron chi connectivity index (χ3n) is 4.56. The molecule has 3 rings (SSSR count). The highest BCUT2D eigenvalue weighted by Crippen LogP contribution is 2.37. The van der Waals surface area contributed by atoms with Crippen LogP contribution < -0.4 is 11.1 Å². The van der Waals surface area contributed by atoms with Crippen molar-refractivity contribution in [1.29, 1.82) is 0 Å². The van der Waals surface area contributed by atoms with E-state index in [-0.39, 0.29) is 11.9 Å². The summed E-state index contributed by atoms with van der Waals surface area (Å²) in [7, 11) is 0. The summed E-state index contributed by atoms with van der Waals surface area (Å²) in [6.45, 7) is 1.97. The fraction of sp³-hybridized carbons (Fsp3) is 0.353. The van der Waals surface area contributed by atoms with Crippen LogP contribution in [0.4, 0.5) is 5.69 Å². The van der Waals surface area contributed by atoms with Crippen LogP contribution >= 0.6 is 0 Å². The van der Waals surface area contributed by atoms with Gasteiger partial charge >= 0.3 is 0 Å². The quantitative estimate of drug-likeness (QED) is 0.878. The monoisotopic (exact) mass is 268 g/mol. The van der Waals surface area contributed by atoms with Gasteiger partial charge in [0.25, 0.3) is 0 Å². The highest BCUT2D eigenvalue weighted by atomic mass is 16.2. The maximum atomic E-state index is 12.5. The summed E-state index contributed by atoms with van der Waals surface area (Å²) in [6, 6.07) is 14.1. The number of carbonyl (C=O) groups excluding carboxylic acids is 1. The zero-order valence-corrected chi connectivity index (χ0v) is 11.7. The Kier molecular flexibility index (Phi) is 3.22. The first-order chi connectivity index (χ1) is 9.59. The first kappa shape index (κ1) is 13.1. The van der Waals surface area contributed by atoms with Crippen molar-refractivity contribution in [2.75, 3.05) is 5.32 Å². The number of anilines is 1. The molecule has 0 spiro atoms. The molecular weight excluding hydrogens is 248 g/mol. The molecule has 0 heterocycles. The van der Waals surface area contributed by atoms with Gasteiger partial charge in [0.15, 0.2) is 0 Å². The summed E-state index contributed by atoms with van der Waals surface area (Å²) in [6.07, 6.45) is 2.83. The number of nitrogens with one attached hydrogen (secondary N) is 1. The van der Waals surface area contributed by atoms with Crippen LogP contribution in [-0.4, -0.2) is 11.9 Å². The molecule has 0 aromatic heterocycles. The lowest BCUT2D eigenvalue weighted by molar-refractivity contribution is -0.125. The number of hydrogen-bond acceptors (Lipinski definition) is 2. The molecule has 1 aliphatic carbocycles. The molecule has 3 N–H and O–H groups in total. The van der Waals surface area contributed by atoms with Crippen molar-refractivity contribution < 1.29 is 4.79 Å². The zero-order chi connectivity index (χ0) is 14.2. The lowest BCUT2D eigenvalue weighted by atomic mass is 9.84. The van der Waals surface area contributed by atoms with Crippen LogP contribution in [0.1, 0.15) is 26.2 Å². The SMILES string of the molecule is CC1(C(=O)Nc2ccc3ccccc3c2)CCCC1N. The second-order valence-electron chi connectivity index (χ2n) is 5.93. The van der Waals surface area contributed by atoms with E-state index in [1.807, 2.05) is 43.3 Å². The molecule has 0 bridgehead atoms. The van der Waals surface area contributed by atoms with Crippen molar-refractivity contribution in [3.8, 4) is 0 Å². The maximum absolute atomic E-state index is 12.5. The predicted molar refractivity (Wildman–Crippen MR) is 82.5 cm³/mol. The highest BCUT2D eigenvalue weighted by molar-refractivity contribution is 5.98. The van der Waals surface area contributed by atoms with Crippen LogP contribution in [0.15, 0.2) is 42.5 Å². The second-order valence-corrected chi connectivity index (χ2v) is 5.93. The maximum Gasteiger partial charge on any atom is 0.231 e. The Morgan fingerprint density at radius 1 is 1.25 bits per heavy atom. The summed E-state index contributed by atoms with van der Waals surface area (Å²) in [5, 5.41) is 5.33. The van der Waals surface area contributed by atoms with Gasteiger partial charge < -0.3 is 11.1 Å². The van der Waals surface area contributed by atoms with Crippen LogP contribution in [0.3, 0.4) is 0 Å². The van der Waals surface area contributed by atoms with E-state index in [9.17, 15) is 4.79 Å². The van der Waals surface area contributed by atoms with Gasteiger partial charge in [-0.1, -0.05) is 36.8 Å². The average molecular weight is 268 g/mol. The van der Waals surface area contributed by atoms with Crippen LogP contribution in [0.5, 0.6) is 0 Å². The summed E-state index contributed by atoms with van der Waals surface area (Å²) >= 11 is 0. The number of nitrogens with two attached hydrogens (primary N) is 1. The smallest absolute Gasteiger partial charge is 0.231 e. The van der Waals surface area contributed by atoms with Crippen molar-refractivity contribution in [2.24, 2.45) is 11.1 Å². The van der Waals surface area contributed by atoms with Gasteiger partial charge in [-0.25, -0.2) is 0 Å². The Hall–Kier alpha value is -1.87. The first-order valence-corrected chi connectivity index (χ1v) is 7.15. The Bertz CT molecular complexity index is 652. The number of benzene rings is 2.